The first kappa shape index (κ1) is 9.76. The van der Waals surface area contributed by atoms with Crippen molar-refractivity contribution in [3.05, 3.63) is 32.4 Å². The average molecular weight is 296 g/mol. The van der Waals surface area contributed by atoms with Crippen molar-refractivity contribution in [3.8, 4) is 0 Å². The van der Waals surface area contributed by atoms with Crippen LogP contribution in [0.5, 0.6) is 0 Å². The number of hydrogen-bond acceptors (Lipinski definition) is 2. The summed E-state index contributed by atoms with van der Waals surface area (Å²) in [5.74, 6) is 4.59. The van der Waals surface area contributed by atoms with E-state index in [0.29, 0.717) is 10.6 Å². The molecular formula is C7H6ClIN2O. The van der Waals surface area contributed by atoms with E-state index in [4.69, 9.17) is 17.4 Å². The molecule has 1 rings (SSSR count). The standard InChI is InChI=1S/C7H6ClIN2O/c8-6-2-1-4(9)3-5(6)7(12)11-10/h1-3H,10H2,(H,11,12). The molecular weight excluding hydrogens is 290 g/mol. The zero-order valence-corrected chi connectivity index (χ0v) is 8.89. The molecule has 0 aliphatic carbocycles. The summed E-state index contributed by atoms with van der Waals surface area (Å²) in [4.78, 5) is 11.1. The normalized spacial score (nSPS) is 9.58. The van der Waals surface area contributed by atoms with Crippen LogP contribution in [0, 0.1) is 3.57 Å². The third kappa shape index (κ3) is 2.09. The highest BCUT2D eigenvalue weighted by molar-refractivity contribution is 14.1. The predicted molar refractivity (Wildman–Crippen MR) is 55.8 cm³/mol. The molecule has 0 unspecified atom stereocenters. The summed E-state index contributed by atoms with van der Waals surface area (Å²) in [5.41, 5.74) is 2.42. The van der Waals surface area contributed by atoms with E-state index in [2.05, 4.69) is 22.6 Å². The molecule has 0 heterocycles. The second-order valence-electron chi connectivity index (χ2n) is 2.10. The first-order valence-electron chi connectivity index (χ1n) is 3.11. The monoisotopic (exact) mass is 296 g/mol. The van der Waals surface area contributed by atoms with E-state index >= 15 is 0 Å². The van der Waals surface area contributed by atoms with Gasteiger partial charge in [0, 0.05) is 3.57 Å². The Hall–Kier alpha value is -0.330. The molecule has 64 valence electrons. The van der Waals surface area contributed by atoms with E-state index in [1.165, 1.54) is 0 Å². The topological polar surface area (TPSA) is 55.1 Å². The van der Waals surface area contributed by atoms with Crippen molar-refractivity contribution >= 4 is 40.1 Å². The fraction of sp³-hybridized carbons (Fsp3) is 0. The van der Waals surface area contributed by atoms with E-state index in [9.17, 15) is 4.79 Å². The maximum absolute atomic E-state index is 11.1. The summed E-state index contributed by atoms with van der Waals surface area (Å²) in [5, 5.41) is 0.401. The van der Waals surface area contributed by atoms with Gasteiger partial charge >= 0.3 is 0 Å². The molecule has 0 aromatic heterocycles. The fourth-order valence-corrected chi connectivity index (χ4v) is 1.44. The van der Waals surface area contributed by atoms with Gasteiger partial charge in [-0.1, -0.05) is 11.6 Å². The molecule has 0 saturated heterocycles. The van der Waals surface area contributed by atoms with Crippen molar-refractivity contribution in [2.75, 3.05) is 0 Å². The number of nitrogens with one attached hydrogen (secondary N) is 1. The molecule has 0 aliphatic rings. The van der Waals surface area contributed by atoms with E-state index in [-0.39, 0.29) is 5.91 Å². The minimum absolute atomic E-state index is 0.376. The number of nitrogen functional groups attached to an aromatic ring is 1. The number of rotatable bonds is 1. The average Bonchev–Trinajstić information content (AvgIpc) is 2.08. The minimum Gasteiger partial charge on any atom is -0.290 e. The van der Waals surface area contributed by atoms with Crippen molar-refractivity contribution in [3.63, 3.8) is 0 Å². The lowest BCUT2D eigenvalue weighted by molar-refractivity contribution is 0.0954. The first-order chi connectivity index (χ1) is 5.65. The summed E-state index contributed by atoms with van der Waals surface area (Å²) < 4.78 is 0.940. The molecule has 0 atom stereocenters. The Morgan fingerprint density at radius 2 is 2.25 bits per heavy atom. The Balaban J connectivity index is 3.13. The zero-order chi connectivity index (χ0) is 9.14. The van der Waals surface area contributed by atoms with Crippen LogP contribution in [0.2, 0.25) is 5.02 Å². The highest BCUT2D eigenvalue weighted by atomic mass is 127. The Labute approximate surface area is 88.4 Å². The number of benzene rings is 1. The molecule has 0 radical (unpaired) electrons. The second-order valence-corrected chi connectivity index (χ2v) is 3.75. The maximum Gasteiger partial charge on any atom is 0.266 e. The number of carbonyl (C=O) groups excluding carboxylic acids is 1. The number of carbonyl (C=O) groups is 1. The lowest BCUT2D eigenvalue weighted by atomic mass is 10.2. The van der Waals surface area contributed by atoms with Gasteiger partial charge in [0.15, 0.2) is 0 Å². The van der Waals surface area contributed by atoms with Crippen molar-refractivity contribution < 1.29 is 4.79 Å². The van der Waals surface area contributed by atoms with Gasteiger partial charge in [-0.15, -0.1) is 0 Å². The summed E-state index contributed by atoms with van der Waals surface area (Å²) in [6, 6.07) is 5.15. The fourth-order valence-electron chi connectivity index (χ4n) is 0.749. The van der Waals surface area contributed by atoms with E-state index < -0.39 is 0 Å². The highest BCUT2D eigenvalue weighted by Gasteiger charge is 2.08. The Morgan fingerprint density at radius 3 is 2.83 bits per heavy atom. The molecule has 1 aromatic carbocycles. The lowest BCUT2D eigenvalue weighted by Crippen LogP contribution is -2.30. The summed E-state index contributed by atoms with van der Waals surface area (Å²) >= 11 is 7.84. The van der Waals surface area contributed by atoms with Crippen LogP contribution in [0.15, 0.2) is 18.2 Å². The summed E-state index contributed by atoms with van der Waals surface area (Å²) in [7, 11) is 0. The molecule has 3 nitrogen and oxygen atoms in total. The molecule has 0 fully saturated rings. The van der Waals surface area contributed by atoms with Gasteiger partial charge in [0.25, 0.3) is 5.91 Å². The molecule has 1 amide bonds. The molecule has 0 aliphatic heterocycles. The molecule has 5 heteroatoms. The molecule has 0 saturated carbocycles. The lowest BCUT2D eigenvalue weighted by Gasteiger charge is -2.02. The number of halogens is 2. The Bertz CT molecular complexity index is 316. The van der Waals surface area contributed by atoms with Crippen LogP contribution in [-0.2, 0) is 0 Å². The third-order valence-corrected chi connectivity index (χ3v) is 2.30. The van der Waals surface area contributed by atoms with Crippen molar-refractivity contribution in [2.24, 2.45) is 5.84 Å². The molecule has 1 aromatic rings. The smallest absolute Gasteiger partial charge is 0.266 e. The SMILES string of the molecule is NNC(=O)c1cc(I)ccc1Cl. The Kier molecular flexibility index (Phi) is 3.30. The quantitative estimate of drug-likeness (QED) is 0.357. The van der Waals surface area contributed by atoms with Crippen LogP contribution in [0.4, 0.5) is 0 Å². The molecule has 0 bridgehead atoms. The zero-order valence-electron chi connectivity index (χ0n) is 5.97. The van der Waals surface area contributed by atoms with Gasteiger partial charge in [-0.05, 0) is 40.8 Å². The van der Waals surface area contributed by atoms with E-state index in [0.717, 1.165) is 3.57 Å². The van der Waals surface area contributed by atoms with Gasteiger partial charge in [-0.2, -0.15) is 0 Å². The van der Waals surface area contributed by atoms with Crippen LogP contribution >= 0.6 is 34.2 Å². The first-order valence-corrected chi connectivity index (χ1v) is 4.57. The van der Waals surface area contributed by atoms with Crippen molar-refractivity contribution in [1.29, 1.82) is 0 Å². The van der Waals surface area contributed by atoms with Gasteiger partial charge in [0.2, 0.25) is 0 Å². The van der Waals surface area contributed by atoms with Gasteiger partial charge in [-0.25, -0.2) is 5.84 Å². The van der Waals surface area contributed by atoms with E-state index in [1.807, 2.05) is 11.5 Å². The van der Waals surface area contributed by atoms with E-state index in [1.54, 1.807) is 12.1 Å². The van der Waals surface area contributed by atoms with Gasteiger partial charge in [0.05, 0.1) is 10.6 Å². The van der Waals surface area contributed by atoms with Gasteiger partial charge < -0.3 is 0 Å². The van der Waals surface area contributed by atoms with Gasteiger partial charge in [0.1, 0.15) is 0 Å². The maximum atomic E-state index is 11.1. The third-order valence-electron chi connectivity index (χ3n) is 1.30. The van der Waals surface area contributed by atoms with Crippen LogP contribution in [0.1, 0.15) is 10.4 Å². The van der Waals surface area contributed by atoms with Crippen molar-refractivity contribution in [1.82, 2.24) is 5.43 Å². The summed E-state index contributed by atoms with van der Waals surface area (Å²) in [6.07, 6.45) is 0. The minimum atomic E-state index is -0.376. The second kappa shape index (κ2) is 4.06. The largest absolute Gasteiger partial charge is 0.290 e. The van der Waals surface area contributed by atoms with Crippen LogP contribution in [0.25, 0.3) is 0 Å². The summed E-state index contributed by atoms with van der Waals surface area (Å²) in [6.45, 7) is 0. The van der Waals surface area contributed by atoms with Gasteiger partial charge in [-0.3, -0.25) is 10.2 Å². The highest BCUT2D eigenvalue weighted by Crippen LogP contribution is 2.18. The molecule has 3 N–H and O–H groups in total. The molecule has 0 spiro atoms. The van der Waals surface area contributed by atoms with Crippen molar-refractivity contribution in [2.45, 2.75) is 0 Å². The molecule has 12 heavy (non-hydrogen) atoms. The number of hydrogen-bond donors (Lipinski definition) is 2. The number of nitrogens with two attached hydrogens (primary N) is 1. The predicted octanol–water partition coefficient (Wildman–Crippen LogP) is 1.55. The van der Waals surface area contributed by atoms with Crippen LogP contribution < -0.4 is 11.3 Å². The number of amides is 1. The van der Waals surface area contributed by atoms with Crippen LogP contribution in [-0.4, -0.2) is 5.91 Å². The Morgan fingerprint density at radius 1 is 1.58 bits per heavy atom. The van der Waals surface area contributed by atoms with Crippen LogP contribution in [0.3, 0.4) is 0 Å². The number of hydrazine groups is 1.